The number of benzene rings is 2. The van der Waals surface area contributed by atoms with E-state index in [9.17, 15) is 10.4 Å². The number of rotatable bonds is 4. The van der Waals surface area contributed by atoms with Crippen LogP contribution in [0.15, 0.2) is 48.5 Å². The predicted octanol–water partition coefficient (Wildman–Crippen LogP) is 3.40. The summed E-state index contributed by atoms with van der Waals surface area (Å²) < 4.78 is 0. The van der Waals surface area contributed by atoms with Gasteiger partial charge in [0, 0.05) is 11.6 Å². The second-order valence-corrected chi connectivity index (χ2v) is 4.53. The van der Waals surface area contributed by atoms with Crippen molar-refractivity contribution in [1.29, 1.82) is 5.26 Å². The van der Waals surface area contributed by atoms with Crippen LogP contribution in [0.5, 0.6) is 5.75 Å². The molecule has 2 N–H and O–H groups in total. The Morgan fingerprint density at radius 2 is 1.84 bits per heavy atom. The maximum Gasteiger partial charge on any atom is 0.121 e. The highest BCUT2D eigenvalue weighted by Crippen LogP contribution is 2.19. The van der Waals surface area contributed by atoms with Crippen LogP contribution in [0, 0.1) is 11.3 Å². The van der Waals surface area contributed by atoms with Gasteiger partial charge in [-0.25, -0.2) is 0 Å². The van der Waals surface area contributed by atoms with Gasteiger partial charge in [0.25, 0.3) is 0 Å². The standard InChI is InChI=1S/C15H13ClN2O/c16-14-4-2-1-3-12(14)10-18-15(9-17)11-5-7-13(19)8-6-11/h1-8,15,18-19H,10H2. The van der Waals surface area contributed by atoms with E-state index in [1.54, 1.807) is 24.3 Å². The molecule has 0 saturated carbocycles. The average Bonchev–Trinajstić information content (AvgIpc) is 2.43. The molecule has 0 aliphatic carbocycles. The lowest BCUT2D eigenvalue weighted by Crippen LogP contribution is -2.19. The first kappa shape index (κ1) is 13.4. The van der Waals surface area contributed by atoms with E-state index >= 15 is 0 Å². The third kappa shape index (κ3) is 3.47. The number of phenolic OH excluding ortho intramolecular Hbond substituents is 1. The summed E-state index contributed by atoms with van der Waals surface area (Å²) in [5.74, 6) is 0.187. The zero-order chi connectivity index (χ0) is 13.7. The van der Waals surface area contributed by atoms with E-state index in [1.165, 1.54) is 0 Å². The molecule has 2 rings (SSSR count). The van der Waals surface area contributed by atoms with E-state index in [1.807, 2.05) is 24.3 Å². The molecule has 2 aromatic rings. The molecule has 0 fully saturated rings. The molecule has 0 aromatic heterocycles. The van der Waals surface area contributed by atoms with Gasteiger partial charge in [0.15, 0.2) is 0 Å². The van der Waals surface area contributed by atoms with Crippen molar-refractivity contribution in [2.45, 2.75) is 12.6 Å². The van der Waals surface area contributed by atoms with E-state index < -0.39 is 6.04 Å². The molecule has 0 aliphatic heterocycles. The number of halogens is 1. The number of aromatic hydroxyl groups is 1. The number of hydrogen-bond acceptors (Lipinski definition) is 3. The lowest BCUT2D eigenvalue weighted by Gasteiger charge is -2.12. The summed E-state index contributed by atoms with van der Waals surface area (Å²) in [6.45, 7) is 0.513. The van der Waals surface area contributed by atoms with E-state index in [2.05, 4.69) is 11.4 Å². The Hall–Kier alpha value is -2.02. The van der Waals surface area contributed by atoms with Crippen LogP contribution in [0.3, 0.4) is 0 Å². The van der Waals surface area contributed by atoms with Gasteiger partial charge in [-0.1, -0.05) is 41.9 Å². The van der Waals surface area contributed by atoms with Crippen molar-refractivity contribution in [2.24, 2.45) is 0 Å². The molecular weight excluding hydrogens is 260 g/mol. The Morgan fingerprint density at radius 1 is 1.16 bits per heavy atom. The van der Waals surface area contributed by atoms with Gasteiger partial charge in [-0.05, 0) is 29.3 Å². The van der Waals surface area contributed by atoms with Crippen molar-refractivity contribution in [1.82, 2.24) is 5.32 Å². The van der Waals surface area contributed by atoms with Gasteiger partial charge in [0.2, 0.25) is 0 Å². The highest BCUT2D eigenvalue weighted by atomic mass is 35.5. The normalized spacial score (nSPS) is 11.8. The molecule has 3 nitrogen and oxygen atoms in total. The van der Waals surface area contributed by atoms with Gasteiger partial charge in [0.1, 0.15) is 11.8 Å². The summed E-state index contributed by atoms with van der Waals surface area (Å²) in [7, 11) is 0. The number of phenols is 1. The molecule has 0 saturated heterocycles. The third-order valence-electron chi connectivity index (χ3n) is 2.81. The first-order valence-corrected chi connectivity index (χ1v) is 6.24. The summed E-state index contributed by atoms with van der Waals surface area (Å²) in [4.78, 5) is 0. The first-order chi connectivity index (χ1) is 9.20. The second kappa shape index (κ2) is 6.24. The number of nitrogens with zero attached hydrogens (tertiary/aromatic N) is 1. The van der Waals surface area contributed by atoms with Gasteiger partial charge >= 0.3 is 0 Å². The van der Waals surface area contributed by atoms with Crippen LogP contribution in [0.25, 0.3) is 0 Å². The monoisotopic (exact) mass is 272 g/mol. The lowest BCUT2D eigenvalue weighted by molar-refractivity contribution is 0.474. The van der Waals surface area contributed by atoms with Crippen molar-refractivity contribution in [2.75, 3.05) is 0 Å². The minimum absolute atomic E-state index is 0.187. The predicted molar refractivity (Wildman–Crippen MR) is 74.8 cm³/mol. The molecule has 0 amide bonds. The highest BCUT2D eigenvalue weighted by molar-refractivity contribution is 6.31. The minimum Gasteiger partial charge on any atom is -0.508 e. The Labute approximate surface area is 117 Å². The Kier molecular flexibility index (Phi) is 4.40. The van der Waals surface area contributed by atoms with Gasteiger partial charge in [-0.15, -0.1) is 0 Å². The summed E-state index contributed by atoms with van der Waals surface area (Å²) in [5.41, 5.74) is 1.76. The van der Waals surface area contributed by atoms with Crippen LogP contribution in [0.1, 0.15) is 17.2 Å². The van der Waals surface area contributed by atoms with Gasteiger partial charge in [-0.2, -0.15) is 5.26 Å². The van der Waals surface area contributed by atoms with Crippen molar-refractivity contribution in [3.05, 3.63) is 64.7 Å². The summed E-state index contributed by atoms with van der Waals surface area (Å²) in [6, 6.07) is 15.9. The van der Waals surface area contributed by atoms with Gasteiger partial charge in [0.05, 0.1) is 6.07 Å². The maximum atomic E-state index is 9.23. The number of nitriles is 1. The summed E-state index contributed by atoms with van der Waals surface area (Å²) in [5, 5.41) is 22.2. The van der Waals surface area contributed by atoms with Crippen molar-refractivity contribution < 1.29 is 5.11 Å². The Morgan fingerprint density at radius 3 is 2.47 bits per heavy atom. The molecule has 19 heavy (non-hydrogen) atoms. The van der Waals surface area contributed by atoms with E-state index in [4.69, 9.17) is 11.6 Å². The smallest absolute Gasteiger partial charge is 0.121 e. The molecule has 1 atom stereocenters. The molecule has 1 unspecified atom stereocenters. The summed E-state index contributed by atoms with van der Waals surface area (Å²) >= 11 is 6.06. The first-order valence-electron chi connectivity index (χ1n) is 5.86. The quantitative estimate of drug-likeness (QED) is 0.897. The second-order valence-electron chi connectivity index (χ2n) is 4.13. The summed E-state index contributed by atoms with van der Waals surface area (Å²) in [6.07, 6.45) is 0. The minimum atomic E-state index is -0.433. The van der Waals surface area contributed by atoms with Crippen molar-refractivity contribution in [3.63, 3.8) is 0 Å². The van der Waals surface area contributed by atoms with Gasteiger partial charge in [-0.3, -0.25) is 5.32 Å². The zero-order valence-corrected chi connectivity index (χ0v) is 10.9. The molecule has 2 aromatic carbocycles. The molecule has 4 heteroatoms. The van der Waals surface area contributed by atoms with Crippen molar-refractivity contribution >= 4 is 11.6 Å². The molecule has 0 bridgehead atoms. The van der Waals surface area contributed by atoms with Crippen molar-refractivity contribution in [3.8, 4) is 11.8 Å². The highest BCUT2D eigenvalue weighted by Gasteiger charge is 2.10. The SMILES string of the molecule is N#CC(NCc1ccccc1Cl)c1ccc(O)cc1. The molecular formula is C15H13ClN2O. The van der Waals surface area contributed by atoms with E-state index in [0.717, 1.165) is 11.1 Å². The molecule has 96 valence electrons. The molecule has 0 heterocycles. The largest absolute Gasteiger partial charge is 0.508 e. The molecule has 0 aliphatic rings. The van der Waals surface area contributed by atoms with E-state index in [0.29, 0.717) is 11.6 Å². The molecule has 0 radical (unpaired) electrons. The van der Waals surface area contributed by atoms with Gasteiger partial charge < -0.3 is 5.11 Å². The maximum absolute atomic E-state index is 9.23. The van der Waals surface area contributed by atoms with Crippen LogP contribution in [0.4, 0.5) is 0 Å². The fraction of sp³-hybridized carbons (Fsp3) is 0.133. The number of hydrogen-bond donors (Lipinski definition) is 2. The number of nitrogens with one attached hydrogen (secondary N) is 1. The van der Waals surface area contributed by atoms with E-state index in [-0.39, 0.29) is 5.75 Å². The fourth-order valence-corrected chi connectivity index (χ4v) is 1.96. The zero-order valence-electron chi connectivity index (χ0n) is 10.2. The van der Waals surface area contributed by atoms with Crippen LogP contribution >= 0.6 is 11.6 Å². The van der Waals surface area contributed by atoms with Crippen LogP contribution < -0.4 is 5.32 Å². The van der Waals surface area contributed by atoms with Crippen LogP contribution in [0.2, 0.25) is 5.02 Å². The molecule has 0 spiro atoms. The fourth-order valence-electron chi connectivity index (χ4n) is 1.76. The average molecular weight is 273 g/mol. The topological polar surface area (TPSA) is 56.0 Å². The Bertz CT molecular complexity index is 590. The lowest BCUT2D eigenvalue weighted by atomic mass is 10.1. The van der Waals surface area contributed by atoms with Crippen LogP contribution in [-0.2, 0) is 6.54 Å². The van der Waals surface area contributed by atoms with Crippen LogP contribution in [-0.4, -0.2) is 5.11 Å². The Balaban J connectivity index is 2.07. The third-order valence-corrected chi connectivity index (χ3v) is 3.18.